The van der Waals surface area contributed by atoms with E-state index in [2.05, 4.69) is 34.0 Å². The van der Waals surface area contributed by atoms with E-state index < -0.39 is 0 Å². The van der Waals surface area contributed by atoms with Crippen LogP contribution in [0.5, 0.6) is 0 Å². The molecule has 2 unspecified atom stereocenters. The van der Waals surface area contributed by atoms with E-state index in [0.717, 1.165) is 19.6 Å². The first kappa shape index (κ1) is 11.5. The minimum absolute atomic E-state index is 0.0247. The Kier molecular flexibility index (Phi) is 2.38. The van der Waals surface area contributed by atoms with Gasteiger partial charge >= 0.3 is 0 Å². The van der Waals surface area contributed by atoms with E-state index in [9.17, 15) is 4.79 Å². The molecule has 0 amide bonds. The number of fused-ring (bicyclic) bond motifs is 1. The summed E-state index contributed by atoms with van der Waals surface area (Å²) in [5, 5.41) is 3.43. The van der Waals surface area contributed by atoms with Crippen LogP contribution in [-0.4, -0.2) is 35.1 Å². The number of H-pyrrole nitrogens is 1. The Hall–Kier alpha value is -1.56. The van der Waals surface area contributed by atoms with Crippen LogP contribution >= 0.6 is 0 Å². The van der Waals surface area contributed by atoms with Crippen molar-refractivity contribution in [1.29, 1.82) is 0 Å². The van der Waals surface area contributed by atoms with Gasteiger partial charge < -0.3 is 20.9 Å². The van der Waals surface area contributed by atoms with E-state index in [4.69, 9.17) is 5.73 Å². The molecule has 2 aliphatic heterocycles. The fourth-order valence-corrected chi connectivity index (χ4v) is 3.40. The number of nitrogens with zero attached hydrogens (tertiary/aromatic N) is 2. The van der Waals surface area contributed by atoms with Crippen LogP contribution in [0, 0.1) is 11.8 Å². The minimum atomic E-state index is -0.258. The van der Waals surface area contributed by atoms with Gasteiger partial charge in [-0.2, -0.15) is 0 Å². The van der Waals surface area contributed by atoms with E-state index in [1.54, 1.807) is 0 Å². The Morgan fingerprint density at radius 3 is 3.00 bits per heavy atom. The summed E-state index contributed by atoms with van der Waals surface area (Å²) in [5.74, 6) is 1.82. The lowest BCUT2D eigenvalue weighted by atomic mass is 9.85. The normalized spacial score (nSPS) is 29.6. The van der Waals surface area contributed by atoms with Gasteiger partial charge in [-0.15, -0.1) is 0 Å². The molecule has 0 aliphatic carbocycles. The molecule has 2 aliphatic rings. The molecule has 4 N–H and O–H groups in total. The average molecular weight is 249 g/mol. The van der Waals surface area contributed by atoms with Crippen LogP contribution < -0.4 is 21.5 Å². The van der Waals surface area contributed by atoms with Crippen LogP contribution in [0.2, 0.25) is 0 Å². The zero-order valence-electron chi connectivity index (χ0n) is 10.7. The molecule has 0 bridgehead atoms. The molecule has 0 aromatic carbocycles. The second-order valence-corrected chi connectivity index (χ2v) is 5.76. The highest BCUT2D eigenvalue weighted by atomic mass is 16.1. The minimum Gasteiger partial charge on any atom is -0.391 e. The van der Waals surface area contributed by atoms with Crippen LogP contribution in [0.25, 0.3) is 0 Å². The van der Waals surface area contributed by atoms with Crippen LogP contribution in [-0.2, 0) is 0 Å². The Balaban J connectivity index is 2.03. The summed E-state index contributed by atoms with van der Waals surface area (Å²) in [4.78, 5) is 20.6. The zero-order chi connectivity index (χ0) is 12.9. The Morgan fingerprint density at radius 1 is 1.50 bits per heavy atom. The maximum atomic E-state index is 11.6. The standard InChI is InChI=1S/C12H19N5O/c1-12(2)8-4-14-3-7(8)5-17(12)10-9(13)11(18)16-6-15-10/h6-8,14H,3-5,13H2,1-2H3,(H,15,16,18). The predicted octanol–water partition coefficient (Wildman–Crippen LogP) is -0.214. The Morgan fingerprint density at radius 2 is 2.28 bits per heavy atom. The van der Waals surface area contributed by atoms with Crippen LogP contribution in [0.4, 0.5) is 11.5 Å². The first-order valence-corrected chi connectivity index (χ1v) is 6.33. The molecule has 2 saturated heterocycles. The van der Waals surface area contributed by atoms with Crippen LogP contribution in [0.15, 0.2) is 11.1 Å². The molecule has 0 spiro atoms. The summed E-state index contributed by atoms with van der Waals surface area (Å²) >= 11 is 0. The largest absolute Gasteiger partial charge is 0.391 e. The Bertz CT molecular complexity index is 523. The predicted molar refractivity (Wildman–Crippen MR) is 70.5 cm³/mol. The summed E-state index contributed by atoms with van der Waals surface area (Å²) in [6.45, 7) is 7.37. The SMILES string of the molecule is CC1(C)C2CNCC2CN1c1nc[nH]c(=O)c1N. The van der Waals surface area contributed by atoms with Crippen molar-refractivity contribution in [3.63, 3.8) is 0 Å². The molecule has 3 rings (SSSR count). The summed E-state index contributed by atoms with van der Waals surface area (Å²) in [6.07, 6.45) is 1.43. The van der Waals surface area contributed by atoms with Gasteiger partial charge in [0.25, 0.3) is 5.56 Å². The van der Waals surface area contributed by atoms with Gasteiger partial charge in [0.2, 0.25) is 0 Å². The highest BCUT2D eigenvalue weighted by molar-refractivity contribution is 5.63. The number of nitrogens with one attached hydrogen (secondary N) is 2. The van der Waals surface area contributed by atoms with Gasteiger partial charge in [0.05, 0.1) is 6.33 Å². The van der Waals surface area contributed by atoms with Gasteiger partial charge in [-0.1, -0.05) is 0 Å². The molecule has 6 nitrogen and oxygen atoms in total. The zero-order valence-corrected chi connectivity index (χ0v) is 10.7. The number of aromatic nitrogens is 2. The fraction of sp³-hybridized carbons (Fsp3) is 0.667. The number of nitrogen functional groups attached to an aromatic ring is 1. The summed E-state index contributed by atoms with van der Waals surface area (Å²) in [5.41, 5.74) is 5.81. The molecule has 6 heteroatoms. The molecular weight excluding hydrogens is 230 g/mol. The van der Waals surface area contributed by atoms with E-state index in [-0.39, 0.29) is 16.8 Å². The van der Waals surface area contributed by atoms with Gasteiger partial charge in [-0.05, 0) is 25.7 Å². The third-order valence-electron chi connectivity index (χ3n) is 4.48. The molecule has 1 aromatic heterocycles. The van der Waals surface area contributed by atoms with Crippen molar-refractivity contribution in [2.45, 2.75) is 19.4 Å². The monoisotopic (exact) mass is 249 g/mol. The second-order valence-electron chi connectivity index (χ2n) is 5.76. The van der Waals surface area contributed by atoms with E-state index >= 15 is 0 Å². The maximum Gasteiger partial charge on any atom is 0.276 e. The van der Waals surface area contributed by atoms with Crippen molar-refractivity contribution in [3.05, 3.63) is 16.7 Å². The average Bonchev–Trinajstić information content (AvgIpc) is 2.86. The van der Waals surface area contributed by atoms with Gasteiger partial charge in [0.1, 0.15) is 5.69 Å². The first-order valence-electron chi connectivity index (χ1n) is 6.33. The molecule has 1 aromatic rings. The molecule has 0 saturated carbocycles. The number of anilines is 2. The third-order valence-corrected chi connectivity index (χ3v) is 4.48. The lowest BCUT2D eigenvalue weighted by Crippen LogP contribution is -2.45. The molecule has 2 atom stereocenters. The van der Waals surface area contributed by atoms with E-state index in [1.165, 1.54) is 6.33 Å². The maximum absolute atomic E-state index is 11.6. The van der Waals surface area contributed by atoms with Crippen molar-refractivity contribution >= 4 is 11.5 Å². The summed E-state index contributed by atoms with van der Waals surface area (Å²) < 4.78 is 0. The molecular formula is C12H19N5O. The highest BCUT2D eigenvalue weighted by Gasteiger charge is 2.50. The van der Waals surface area contributed by atoms with E-state index in [1.807, 2.05) is 0 Å². The third kappa shape index (κ3) is 1.45. The van der Waals surface area contributed by atoms with Gasteiger partial charge in [-0.3, -0.25) is 4.79 Å². The summed E-state index contributed by atoms with van der Waals surface area (Å²) in [6, 6.07) is 0. The first-order chi connectivity index (χ1) is 8.51. The lowest BCUT2D eigenvalue weighted by Gasteiger charge is -2.36. The van der Waals surface area contributed by atoms with Crippen molar-refractivity contribution in [2.75, 3.05) is 30.3 Å². The lowest BCUT2D eigenvalue weighted by molar-refractivity contribution is 0.356. The van der Waals surface area contributed by atoms with Crippen molar-refractivity contribution in [1.82, 2.24) is 15.3 Å². The van der Waals surface area contributed by atoms with Crippen molar-refractivity contribution in [3.8, 4) is 0 Å². The topological polar surface area (TPSA) is 87.0 Å². The fourth-order valence-electron chi connectivity index (χ4n) is 3.40. The quantitative estimate of drug-likeness (QED) is 0.641. The Labute approximate surface area is 106 Å². The molecule has 18 heavy (non-hydrogen) atoms. The number of rotatable bonds is 1. The van der Waals surface area contributed by atoms with Gasteiger partial charge in [-0.25, -0.2) is 4.98 Å². The smallest absolute Gasteiger partial charge is 0.276 e. The van der Waals surface area contributed by atoms with Gasteiger partial charge in [0, 0.05) is 25.2 Å². The van der Waals surface area contributed by atoms with Crippen molar-refractivity contribution in [2.24, 2.45) is 11.8 Å². The number of nitrogens with two attached hydrogens (primary N) is 1. The van der Waals surface area contributed by atoms with E-state index in [0.29, 0.717) is 17.7 Å². The number of hydrogen-bond donors (Lipinski definition) is 3. The van der Waals surface area contributed by atoms with Crippen molar-refractivity contribution < 1.29 is 0 Å². The number of aromatic amines is 1. The van der Waals surface area contributed by atoms with Crippen LogP contribution in [0.3, 0.4) is 0 Å². The summed E-state index contributed by atoms with van der Waals surface area (Å²) in [7, 11) is 0. The van der Waals surface area contributed by atoms with Crippen LogP contribution in [0.1, 0.15) is 13.8 Å². The van der Waals surface area contributed by atoms with Gasteiger partial charge in [0.15, 0.2) is 5.82 Å². The highest BCUT2D eigenvalue weighted by Crippen LogP contribution is 2.43. The molecule has 0 radical (unpaired) electrons. The second kappa shape index (κ2) is 3.71. The number of hydrogen-bond acceptors (Lipinski definition) is 5. The molecule has 2 fully saturated rings. The molecule has 3 heterocycles. The molecule has 98 valence electrons.